The van der Waals surface area contributed by atoms with Gasteiger partial charge in [0.15, 0.2) is 5.58 Å². The Balaban J connectivity index is 2.22. The van der Waals surface area contributed by atoms with Gasteiger partial charge in [-0.1, -0.05) is 6.07 Å². The Bertz CT molecular complexity index is 657. The first kappa shape index (κ1) is 13.4. The lowest BCUT2D eigenvalue weighted by Crippen LogP contribution is -2.33. The van der Waals surface area contributed by atoms with Crippen LogP contribution in [0.15, 0.2) is 27.4 Å². The molecule has 6 nitrogen and oxygen atoms in total. The van der Waals surface area contributed by atoms with Crippen molar-refractivity contribution in [2.45, 2.75) is 6.54 Å². The van der Waals surface area contributed by atoms with Gasteiger partial charge in [0.1, 0.15) is 0 Å². The molecule has 0 fully saturated rings. The number of carbonyl (C=O) groups is 1. The summed E-state index contributed by atoms with van der Waals surface area (Å²) >= 11 is 0. The predicted molar refractivity (Wildman–Crippen MR) is 71.9 cm³/mol. The summed E-state index contributed by atoms with van der Waals surface area (Å²) in [5, 5.41) is 2.82. The predicted octanol–water partition coefficient (Wildman–Crippen LogP) is 0.309. The van der Waals surface area contributed by atoms with Gasteiger partial charge in [0, 0.05) is 20.6 Å². The number of benzene rings is 1. The minimum atomic E-state index is -0.383. The first-order valence-corrected chi connectivity index (χ1v) is 6.00. The molecule has 1 aromatic heterocycles. The molecule has 1 amide bonds. The molecule has 102 valence electrons. The van der Waals surface area contributed by atoms with E-state index in [0.717, 1.165) is 11.1 Å². The third kappa shape index (κ3) is 2.68. The van der Waals surface area contributed by atoms with E-state index in [1.165, 1.54) is 4.57 Å². The highest BCUT2D eigenvalue weighted by molar-refractivity contribution is 5.78. The third-order valence-electron chi connectivity index (χ3n) is 3.03. The maximum absolute atomic E-state index is 11.7. The van der Waals surface area contributed by atoms with E-state index in [1.54, 1.807) is 32.1 Å². The molecule has 0 saturated carbocycles. The quantitative estimate of drug-likeness (QED) is 0.862. The number of aromatic nitrogens is 1. The number of nitrogens with one attached hydrogen (secondary N) is 1. The average molecular weight is 263 g/mol. The van der Waals surface area contributed by atoms with Crippen molar-refractivity contribution in [1.82, 2.24) is 14.8 Å². The van der Waals surface area contributed by atoms with Crippen molar-refractivity contribution < 1.29 is 9.21 Å². The Morgan fingerprint density at radius 2 is 2.21 bits per heavy atom. The fraction of sp³-hybridized carbons (Fsp3) is 0.385. The van der Waals surface area contributed by atoms with Crippen molar-refractivity contribution >= 4 is 17.0 Å². The number of amides is 1. The van der Waals surface area contributed by atoms with E-state index in [-0.39, 0.29) is 11.7 Å². The SMILES string of the molecule is CNCC(=O)N(C)Cc1ccc2c(c1)oc(=O)n2C. The van der Waals surface area contributed by atoms with Crippen LogP contribution >= 0.6 is 0 Å². The number of rotatable bonds is 4. The number of aryl methyl sites for hydroxylation is 1. The maximum atomic E-state index is 11.7. The summed E-state index contributed by atoms with van der Waals surface area (Å²) in [5.41, 5.74) is 2.21. The van der Waals surface area contributed by atoms with Gasteiger partial charge in [-0.2, -0.15) is 0 Å². The van der Waals surface area contributed by atoms with Crippen LogP contribution in [0.4, 0.5) is 0 Å². The molecule has 0 bridgehead atoms. The molecule has 0 unspecified atom stereocenters. The minimum absolute atomic E-state index is 0.0112. The molecule has 0 aliphatic heterocycles. The van der Waals surface area contributed by atoms with Crippen LogP contribution in [0.1, 0.15) is 5.56 Å². The normalized spacial score (nSPS) is 10.9. The van der Waals surface area contributed by atoms with Gasteiger partial charge in [0.2, 0.25) is 5.91 Å². The number of hydrogen-bond donors (Lipinski definition) is 1. The second kappa shape index (κ2) is 5.27. The van der Waals surface area contributed by atoms with Gasteiger partial charge in [0.05, 0.1) is 12.1 Å². The molecule has 19 heavy (non-hydrogen) atoms. The maximum Gasteiger partial charge on any atom is 0.419 e. The molecule has 1 heterocycles. The van der Waals surface area contributed by atoms with E-state index in [0.29, 0.717) is 18.7 Å². The van der Waals surface area contributed by atoms with E-state index in [2.05, 4.69) is 5.32 Å². The molecular weight excluding hydrogens is 246 g/mol. The fourth-order valence-corrected chi connectivity index (χ4v) is 1.92. The highest BCUT2D eigenvalue weighted by Gasteiger charge is 2.10. The van der Waals surface area contributed by atoms with Gasteiger partial charge in [-0.3, -0.25) is 9.36 Å². The number of likely N-dealkylation sites (N-methyl/N-ethyl adjacent to an activating group) is 2. The van der Waals surface area contributed by atoms with Crippen molar-refractivity contribution in [1.29, 1.82) is 0 Å². The first-order valence-electron chi connectivity index (χ1n) is 6.00. The van der Waals surface area contributed by atoms with Crippen molar-refractivity contribution in [3.8, 4) is 0 Å². The van der Waals surface area contributed by atoms with Gasteiger partial charge < -0.3 is 14.6 Å². The van der Waals surface area contributed by atoms with Gasteiger partial charge in [-0.25, -0.2) is 4.79 Å². The van der Waals surface area contributed by atoms with Crippen molar-refractivity contribution in [2.75, 3.05) is 20.6 Å². The highest BCUT2D eigenvalue weighted by Crippen LogP contribution is 2.15. The topological polar surface area (TPSA) is 67.5 Å². The third-order valence-corrected chi connectivity index (χ3v) is 3.03. The minimum Gasteiger partial charge on any atom is -0.408 e. The molecule has 2 aromatic rings. The molecule has 0 aliphatic carbocycles. The average Bonchev–Trinajstić information content (AvgIpc) is 2.65. The second-order valence-electron chi connectivity index (χ2n) is 4.51. The molecule has 0 saturated heterocycles. The van der Waals surface area contributed by atoms with E-state index < -0.39 is 0 Å². The lowest BCUT2D eigenvalue weighted by Gasteiger charge is -2.16. The molecular formula is C13H17N3O3. The molecule has 6 heteroatoms. The van der Waals surface area contributed by atoms with Crippen LogP contribution in [0.3, 0.4) is 0 Å². The largest absolute Gasteiger partial charge is 0.419 e. The lowest BCUT2D eigenvalue weighted by molar-refractivity contribution is -0.129. The number of nitrogens with zero attached hydrogens (tertiary/aromatic N) is 2. The number of fused-ring (bicyclic) bond motifs is 1. The van der Waals surface area contributed by atoms with Crippen molar-refractivity contribution in [3.63, 3.8) is 0 Å². The fourth-order valence-electron chi connectivity index (χ4n) is 1.92. The Morgan fingerprint density at radius 3 is 2.89 bits per heavy atom. The van der Waals surface area contributed by atoms with Crippen LogP contribution < -0.4 is 11.1 Å². The summed E-state index contributed by atoms with van der Waals surface area (Å²) < 4.78 is 6.57. The number of carbonyl (C=O) groups excluding carboxylic acids is 1. The van der Waals surface area contributed by atoms with E-state index in [1.807, 2.05) is 12.1 Å². The zero-order valence-electron chi connectivity index (χ0n) is 11.3. The first-order chi connectivity index (χ1) is 9.02. The molecule has 1 N–H and O–H groups in total. The molecule has 1 aromatic carbocycles. The van der Waals surface area contributed by atoms with E-state index in [4.69, 9.17) is 4.42 Å². The summed E-state index contributed by atoms with van der Waals surface area (Å²) in [6.07, 6.45) is 0. The van der Waals surface area contributed by atoms with E-state index in [9.17, 15) is 9.59 Å². The molecule has 0 aliphatic rings. The standard InChI is InChI=1S/C13H17N3O3/c1-14-7-12(17)15(2)8-9-4-5-10-11(6-9)19-13(18)16(10)3/h4-6,14H,7-8H2,1-3H3. The van der Waals surface area contributed by atoms with Crippen LogP contribution in [0.2, 0.25) is 0 Å². The summed E-state index contributed by atoms with van der Waals surface area (Å²) in [6, 6.07) is 5.51. The van der Waals surface area contributed by atoms with Crippen molar-refractivity contribution in [2.24, 2.45) is 7.05 Å². The summed E-state index contributed by atoms with van der Waals surface area (Å²) in [6.45, 7) is 0.786. The summed E-state index contributed by atoms with van der Waals surface area (Å²) in [7, 11) is 5.14. The Kier molecular flexibility index (Phi) is 3.71. The van der Waals surface area contributed by atoms with E-state index >= 15 is 0 Å². The van der Waals surface area contributed by atoms with Crippen LogP contribution in [0, 0.1) is 0 Å². The van der Waals surface area contributed by atoms with Gasteiger partial charge in [-0.05, 0) is 24.7 Å². The van der Waals surface area contributed by atoms with Crippen LogP contribution in [0.5, 0.6) is 0 Å². The smallest absolute Gasteiger partial charge is 0.408 e. The Hall–Kier alpha value is -2.08. The summed E-state index contributed by atoms with van der Waals surface area (Å²) in [4.78, 5) is 24.7. The molecule has 0 radical (unpaired) electrons. The van der Waals surface area contributed by atoms with Gasteiger partial charge in [0.25, 0.3) is 0 Å². The zero-order valence-corrected chi connectivity index (χ0v) is 11.3. The molecule has 2 rings (SSSR count). The molecule has 0 atom stereocenters. The summed E-state index contributed by atoms with van der Waals surface area (Å²) in [5.74, 6) is -0.371. The van der Waals surface area contributed by atoms with Gasteiger partial charge >= 0.3 is 5.76 Å². The number of oxazole rings is 1. The second-order valence-corrected chi connectivity index (χ2v) is 4.51. The number of hydrogen-bond acceptors (Lipinski definition) is 4. The Morgan fingerprint density at radius 1 is 1.47 bits per heavy atom. The monoisotopic (exact) mass is 263 g/mol. The van der Waals surface area contributed by atoms with Crippen LogP contribution in [0.25, 0.3) is 11.1 Å². The zero-order chi connectivity index (χ0) is 14.0. The molecule has 0 spiro atoms. The van der Waals surface area contributed by atoms with Crippen molar-refractivity contribution in [3.05, 3.63) is 34.3 Å². The Labute approximate surface area is 110 Å². The lowest BCUT2D eigenvalue weighted by atomic mass is 10.2. The van der Waals surface area contributed by atoms with Gasteiger partial charge in [-0.15, -0.1) is 0 Å². The van der Waals surface area contributed by atoms with Crippen LogP contribution in [-0.4, -0.2) is 36.0 Å². The van der Waals surface area contributed by atoms with Crippen LogP contribution in [-0.2, 0) is 18.4 Å². The highest BCUT2D eigenvalue weighted by atomic mass is 16.4.